The van der Waals surface area contributed by atoms with Crippen LogP contribution in [0.3, 0.4) is 0 Å². The van der Waals surface area contributed by atoms with Gasteiger partial charge < -0.3 is 9.84 Å². The van der Waals surface area contributed by atoms with Gasteiger partial charge >= 0.3 is 5.97 Å². The van der Waals surface area contributed by atoms with Gasteiger partial charge in [0.1, 0.15) is 5.75 Å². The van der Waals surface area contributed by atoms with Crippen LogP contribution >= 0.6 is 31.9 Å². The van der Waals surface area contributed by atoms with Gasteiger partial charge in [-0.05, 0) is 49.6 Å². The number of ether oxygens (including phenoxy) is 1. The number of hydrogen-bond acceptors (Lipinski definition) is 2. The molecule has 0 aliphatic rings. The molecule has 0 aliphatic heterocycles. The molecule has 0 spiro atoms. The van der Waals surface area contributed by atoms with E-state index in [9.17, 15) is 4.79 Å². The lowest BCUT2D eigenvalue weighted by Crippen LogP contribution is -2.04. The van der Waals surface area contributed by atoms with E-state index in [2.05, 4.69) is 31.9 Å². The highest BCUT2D eigenvalue weighted by Gasteiger charge is 2.12. The molecule has 0 aliphatic carbocycles. The first-order chi connectivity index (χ1) is 9.58. The van der Waals surface area contributed by atoms with Crippen molar-refractivity contribution in [1.29, 1.82) is 0 Å². The zero-order chi connectivity index (χ0) is 14.5. The van der Waals surface area contributed by atoms with Gasteiger partial charge in [0.25, 0.3) is 0 Å². The summed E-state index contributed by atoms with van der Waals surface area (Å²) in [5.74, 6) is -0.354. The molecule has 0 atom stereocenters. The second-order valence-electron chi connectivity index (χ2n) is 4.16. The second kappa shape index (κ2) is 6.90. The Labute approximate surface area is 133 Å². The van der Waals surface area contributed by atoms with Gasteiger partial charge in [0.2, 0.25) is 0 Å². The summed E-state index contributed by atoms with van der Waals surface area (Å²) in [4.78, 5) is 10.9. The predicted molar refractivity (Wildman–Crippen MR) is 84.4 cm³/mol. The highest BCUT2D eigenvalue weighted by molar-refractivity contribution is 9.11. The minimum Gasteiger partial charge on any atom is -0.491 e. The minimum atomic E-state index is -0.970. The van der Waals surface area contributed by atoms with E-state index in [4.69, 9.17) is 9.84 Å². The van der Waals surface area contributed by atoms with Crippen LogP contribution in [0.4, 0.5) is 0 Å². The lowest BCUT2D eigenvalue weighted by Gasteiger charge is -2.11. The normalized spacial score (nSPS) is 10.3. The molecule has 0 saturated heterocycles. The van der Waals surface area contributed by atoms with Crippen LogP contribution < -0.4 is 4.74 Å². The van der Waals surface area contributed by atoms with Gasteiger partial charge in [-0.15, -0.1) is 0 Å². The Kier molecular flexibility index (Phi) is 5.20. The number of carbonyl (C=O) groups is 1. The summed E-state index contributed by atoms with van der Waals surface area (Å²) < 4.78 is 6.96. The number of hydrogen-bond donors (Lipinski definition) is 1. The molecule has 0 saturated carbocycles. The molecule has 2 aromatic carbocycles. The monoisotopic (exact) mass is 398 g/mol. The molecule has 0 radical (unpaired) electrons. The zero-order valence-electron chi connectivity index (χ0n) is 10.5. The first-order valence-electron chi connectivity index (χ1n) is 5.97. The van der Waals surface area contributed by atoms with Crippen LogP contribution in [0.2, 0.25) is 0 Å². The SMILES string of the molecule is O=C(O)c1cc(Br)c(OCCc2ccccc2)c(Br)c1. The van der Waals surface area contributed by atoms with Crippen molar-refractivity contribution in [3.63, 3.8) is 0 Å². The Bertz CT molecular complexity index is 589. The standard InChI is InChI=1S/C15H12Br2O3/c16-12-8-11(15(18)19)9-13(17)14(12)20-7-6-10-4-2-1-3-5-10/h1-5,8-9H,6-7H2,(H,18,19). The van der Waals surface area contributed by atoms with E-state index in [1.807, 2.05) is 30.3 Å². The highest BCUT2D eigenvalue weighted by atomic mass is 79.9. The quantitative estimate of drug-likeness (QED) is 0.803. The average Bonchev–Trinajstić information content (AvgIpc) is 2.42. The third kappa shape index (κ3) is 3.84. The molecule has 0 aromatic heterocycles. The van der Waals surface area contributed by atoms with Crippen LogP contribution in [0.5, 0.6) is 5.75 Å². The summed E-state index contributed by atoms with van der Waals surface area (Å²) in [6, 6.07) is 13.1. The fraction of sp³-hybridized carbons (Fsp3) is 0.133. The summed E-state index contributed by atoms with van der Waals surface area (Å²) in [6.07, 6.45) is 0.792. The van der Waals surface area contributed by atoms with Crippen LogP contribution in [0, 0.1) is 0 Å². The van der Waals surface area contributed by atoms with Crippen molar-refractivity contribution in [3.8, 4) is 5.75 Å². The topological polar surface area (TPSA) is 46.5 Å². The molecule has 104 valence electrons. The third-order valence-corrected chi connectivity index (χ3v) is 3.90. The molecule has 0 bridgehead atoms. The molecule has 0 unspecified atom stereocenters. The molecule has 5 heteroatoms. The largest absolute Gasteiger partial charge is 0.491 e. The van der Waals surface area contributed by atoms with Crippen molar-refractivity contribution in [3.05, 3.63) is 62.5 Å². The summed E-state index contributed by atoms with van der Waals surface area (Å²) in [7, 11) is 0. The lowest BCUT2D eigenvalue weighted by atomic mass is 10.2. The third-order valence-electron chi connectivity index (χ3n) is 2.73. The number of carboxylic acid groups (broad SMARTS) is 1. The smallest absolute Gasteiger partial charge is 0.335 e. The van der Waals surface area contributed by atoms with Gasteiger partial charge in [-0.25, -0.2) is 4.79 Å². The molecular weight excluding hydrogens is 388 g/mol. The maximum absolute atomic E-state index is 10.9. The van der Waals surface area contributed by atoms with E-state index in [0.717, 1.165) is 6.42 Å². The predicted octanol–water partition coefficient (Wildman–Crippen LogP) is 4.53. The van der Waals surface area contributed by atoms with Crippen LogP contribution in [-0.4, -0.2) is 17.7 Å². The molecule has 3 nitrogen and oxygen atoms in total. The van der Waals surface area contributed by atoms with Crippen molar-refractivity contribution in [2.75, 3.05) is 6.61 Å². The Hall–Kier alpha value is -1.33. The van der Waals surface area contributed by atoms with E-state index in [-0.39, 0.29) is 5.56 Å². The van der Waals surface area contributed by atoms with E-state index in [0.29, 0.717) is 21.3 Å². The van der Waals surface area contributed by atoms with Crippen molar-refractivity contribution in [2.45, 2.75) is 6.42 Å². The Balaban J connectivity index is 2.05. The number of rotatable bonds is 5. The van der Waals surface area contributed by atoms with Gasteiger partial charge in [-0.2, -0.15) is 0 Å². The first-order valence-corrected chi connectivity index (χ1v) is 7.55. The number of halogens is 2. The number of benzene rings is 2. The van der Waals surface area contributed by atoms with Crippen molar-refractivity contribution < 1.29 is 14.6 Å². The molecular formula is C15H12Br2O3. The van der Waals surface area contributed by atoms with Crippen molar-refractivity contribution >= 4 is 37.8 Å². The molecule has 2 aromatic rings. The molecule has 2 rings (SSSR count). The molecule has 0 amide bonds. The second-order valence-corrected chi connectivity index (χ2v) is 5.87. The fourth-order valence-electron chi connectivity index (χ4n) is 1.74. The molecule has 1 N–H and O–H groups in total. The summed E-state index contributed by atoms with van der Waals surface area (Å²) in [5.41, 5.74) is 1.40. The maximum Gasteiger partial charge on any atom is 0.335 e. The maximum atomic E-state index is 10.9. The lowest BCUT2D eigenvalue weighted by molar-refractivity contribution is 0.0696. The van der Waals surface area contributed by atoms with Crippen molar-refractivity contribution in [2.24, 2.45) is 0 Å². The van der Waals surface area contributed by atoms with Crippen molar-refractivity contribution in [1.82, 2.24) is 0 Å². The Morgan fingerprint density at radius 1 is 1.10 bits per heavy atom. The Morgan fingerprint density at radius 2 is 1.70 bits per heavy atom. The minimum absolute atomic E-state index is 0.208. The summed E-state index contributed by atoms with van der Waals surface area (Å²) in [6.45, 7) is 0.521. The van der Waals surface area contributed by atoms with E-state index in [1.165, 1.54) is 17.7 Å². The van der Waals surface area contributed by atoms with Gasteiger partial charge in [0, 0.05) is 6.42 Å². The van der Waals surface area contributed by atoms with E-state index >= 15 is 0 Å². The highest BCUT2D eigenvalue weighted by Crippen LogP contribution is 2.34. The zero-order valence-corrected chi connectivity index (χ0v) is 13.6. The summed E-state index contributed by atoms with van der Waals surface area (Å²) >= 11 is 6.67. The van der Waals surface area contributed by atoms with Gasteiger partial charge in [0.15, 0.2) is 0 Å². The van der Waals surface area contributed by atoms with E-state index < -0.39 is 5.97 Å². The number of carboxylic acids is 1. The van der Waals surface area contributed by atoms with Crippen LogP contribution in [0.25, 0.3) is 0 Å². The van der Waals surface area contributed by atoms with Gasteiger partial charge in [-0.1, -0.05) is 30.3 Å². The van der Waals surface area contributed by atoms with E-state index in [1.54, 1.807) is 0 Å². The summed E-state index contributed by atoms with van der Waals surface area (Å²) in [5, 5.41) is 8.97. The van der Waals surface area contributed by atoms with Crippen LogP contribution in [0.1, 0.15) is 15.9 Å². The molecule has 0 fully saturated rings. The van der Waals surface area contributed by atoms with Gasteiger partial charge in [-0.3, -0.25) is 0 Å². The number of aromatic carboxylic acids is 1. The molecule has 0 heterocycles. The van der Waals surface area contributed by atoms with Crippen LogP contribution in [0.15, 0.2) is 51.4 Å². The Morgan fingerprint density at radius 3 is 2.25 bits per heavy atom. The van der Waals surface area contributed by atoms with Gasteiger partial charge in [0.05, 0.1) is 21.1 Å². The molecule has 20 heavy (non-hydrogen) atoms. The first kappa shape index (κ1) is 15.1. The average molecular weight is 400 g/mol. The fourth-order valence-corrected chi connectivity index (χ4v) is 3.15. The van der Waals surface area contributed by atoms with Crippen LogP contribution in [-0.2, 0) is 6.42 Å².